The number of hydrogen-bond donors (Lipinski definition) is 3. The lowest BCUT2D eigenvalue weighted by molar-refractivity contribution is 0.490. The Kier molecular flexibility index (Phi) is 3.28. The average molecular weight is 245 g/mol. The van der Waals surface area contributed by atoms with Gasteiger partial charge in [-0.15, -0.1) is 0 Å². The Morgan fingerprint density at radius 1 is 1.44 bits per heavy atom. The number of nitrogens with two attached hydrogens (primary N) is 2. The Morgan fingerprint density at radius 2 is 2.22 bits per heavy atom. The van der Waals surface area contributed by atoms with Crippen LogP contribution in [0.3, 0.4) is 0 Å². The summed E-state index contributed by atoms with van der Waals surface area (Å²) in [4.78, 5) is 9.94. The summed E-state index contributed by atoms with van der Waals surface area (Å²) < 4.78 is 0. The smallest absolute Gasteiger partial charge is 0.223 e. The van der Waals surface area contributed by atoms with Gasteiger partial charge in [0.1, 0.15) is 11.6 Å². The van der Waals surface area contributed by atoms with Crippen molar-refractivity contribution in [2.24, 2.45) is 5.92 Å². The molecule has 1 fully saturated rings. The monoisotopic (exact) mass is 245 g/mol. The van der Waals surface area contributed by atoms with E-state index >= 15 is 0 Å². The van der Waals surface area contributed by atoms with Crippen LogP contribution in [0.25, 0.3) is 0 Å². The topological polar surface area (TPSA) is 129 Å². The van der Waals surface area contributed by atoms with Gasteiger partial charge < -0.3 is 21.8 Å². The second kappa shape index (κ2) is 4.87. The van der Waals surface area contributed by atoms with Gasteiger partial charge in [0.15, 0.2) is 0 Å². The molecule has 1 aliphatic heterocycles. The van der Waals surface area contributed by atoms with E-state index in [9.17, 15) is 0 Å². The van der Waals surface area contributed by atoms with Crippen molar-refractivity contribution in [3.63, 3.8) is 0 Å². The van der Waals surface area contributed by atoms with Crippen molar-refractivity contribution in [1.29, 1.82) is 10.7 Å². The molecule has 1 atom stereocenters. The standard InChI is InChI=1S/C11H15N7/c12-4-7-2-1-3-18(6-7)10-8(5-13)9(14)16-11(15)17-10/h5,7,13H,1-3,6H2,(H4,14,15,16,17). The summed E-state index contributed by atoms with van der Waals surface area (Å²) in [6, 6.07) is 2.27. The molecule has 0 aromatic carbocycles. The molecule has 1 saturated heterocycles. The summed E-state index contributed by atoms with van der Waals surface area (Å²) in [6.07, 6.45) is 2.93. The lowest BCUT2D eigenvalue weighted by atomic mass is 9.99. The molecule has 0 bridgehead atoms. The Balaban J connectivity index is 2.38. The first-order valence-electron chi connectivity index (χ1n) is 5.73. The number of piperidine rings is 1. The van der Waals surface area contributed by atoms with Crippen LogP contribution in [0, 0.1) is 22.7 Å². The molecule has 5 N–H and O–H groups in total. The van der Waals surface area contributed by atoms with Gasteiger partial charge in [0.2, 0.25) is 5.95 Å². The molecule has 2 rings (SSSR count). The van der Waals surface area contributed by atoms with Crippen molar-refractivity contribution in [3.8, 4) is 6.07 Å². The third-order valence-corrected chi connectivity index (χ3v) is 3.02. The predicted molar refractivity (Wildman–Crippen MR) is 69.3 cm³/mol. The fourth-order valence-corrected chi connectivity index (χ4v) is 2.15. The molecule has 0 amide bonds. The van der Waals surface area contributed by atoms with Gasteiger partial charge in [0.05, 0.1) is 17.6 Å². The molecule has 94 valence electrons. The summed E-state index contributed by atoms with van der Waals surface area (Å²) in [6.45, 7) is 1.38. The normalized spacial score (nSPS) is 19.3. The number of rotatable bonds is 2. The van der Waals surface area contributed by atoms with Gasteiger partial charge in [-0.25, -0.2) is 0 Å². The summed E-state index contributed by atoms with van der Waals surface area (Å²) in [5.41, 5.74) is 11.8. The van der Waals surface area contributed by atoms with E-state index in [1.54, 1.807) is 0 Å². The molecule has 1 aromatic rings. The molecule has 0 spiro atoms. The van der Waals surface area contributed by atoms with Crippen LogP contribution >= 0.6 is 0 Å². The summed E-state index contributed by atoms with van der Waals surface area (Å²) in [7, 11) is 0. The van der Waals surface area contributed by atoms with Gasteiger partial charge >= 0.3 is 0 Å². The second-order valence-electron chi connectivity index (χ2n) is 4.26. The van der Waals surface area contributed by atoms with Crippen LogP contribution in [0.2, 0.25) is 0 Å². The average Bonchev–Trinajstić information content (AvgIpc) is 2.38. The summed E-state index contributed by atoms with van der Waals surface area (Å²) in [5, 5.41) is 16.4. The lowest BCUT2D eigenvalue weighted by Crippen LogP contribution is -2.36. The molecule has 2 heterocycles. The molecular weight excluding hydrogens is 230 g/mol. The number of nitriles is 1. The highest BCUT2D eigenvalue weighted by atomic mass is 15.2. The van der Waals surface area contributed by atoms with Crippen LogP contribution in [0.15, 0.2) is 0 Å². The van der Waals surface area contributed by atoms with E-state index < -0.39 is 0 Å². The minimum Gasteiger partial charge on any atom is -0.383 e. The molecule has 1 unspecified atom stereocenters. The number of nitrogen functional groups attached to an aromatic ring is 2. The molecule has 18 heavy (non-hydrogen) atoms. The third-order valence-electron chi connectivity index (χ3n) is 3.02. The number of nitrogens with one attached hydrogen (secondary N) is 1. The van der Waals surface area contributed by atoms with Crippen molar-refractivity contribution >= 4 is 23.8 Å². The van der Waals surface area contributed by atoms with Gasteiger partial charge in [-0.2, -0.15) is 15.2 Å². The van der Waals surface area contributed by atoms with Gasteiger partial charge in [-0.3, -0.25) is 0 Å². The van der Waals surface area contributed by atoms with E-state index in [2.05, 4.69) is 16.0 Å². The highest BCUT2D eigenvalue weighted by molar-refractivity contribution is 5.90. The Labute approximate surface area is 105 Å². The summed E-state index contributed by atoms with van der Waals surface area (Å²) in [5.74, 6) is 0.823. The minimum atomic E-state index is -0.0188. The highest BCUT2D eigenvalue weighted by Gasteiger charge is 2.23. The van der Waals surface area contributed by atoms with Crippen molar-refractivity contribution < 1.29 is 0 Å². The number of anilines is 3. The maximum atomic E-state index is 8.99. The maximum absolute atomic E-state index is 8.99. The fraction of sp³-hybridized carbons (Fsp3) is 0.455. The third kappa shape index (κ3) is 2.18. The first-order chi connectivity index (χ1) is 8.65. The predicted octanol–water partition coefficient (Wildman–Crippen LogP) is 0.379. The van der Waals surface area contributed by atoms with E-state index in [0.29, 0.717) is 17.9 Å². The second-order valence-corrected chi connectivity index (χ2v) is 4.26. The van der Waals surface area contributed by atoms with Gasteiger partial charge in [0.25, 0.3) is 0 Å². The van der Waals surface area contributed by atoms with Crippen molar-refractivity contribution in [1.82, 2.24) is 9.97 Å². The fourth-order valence-electron chi connectivity index (χ4n) is 2.15. The SMILES string of the molecule is N#CC1CCCN(c2nc(N)nc(N)c2C=N)C1. The van der Waals surface area contributed by atoms with E-state index in [1.165, 1.54) is 0 Å². The van der Waals surface area contributed by atoms with Gasteiger partial charge in [0, 0.05) is 19.3 Å². The van der Waals surface area contributed by atoms with Crippen LogP contribution in [0.4, 0.5) is 17.6 Å². The van der Waals surface area contributed by atoms with Gasteiger partial charge in [-0.05, 0) is 12.8 Å². The van der Waals surface area contributed by atoms with Crippen LogP contribution in [0.1, 0.15) is 18.4 Å². The Hall–Kier alpha value is -2.36. The molecule has 0 saturated carbocycles. The highest BCUT2D eigenvalue weighted by Crippen LogP contribution is 2.26. The van der Waals surface area contributed by atoms with Crippen LogP contribution < -0.4 is 16.4 Å². The molecule has 1 aromatic heterocycles. The summed E-state index contributed by atoms with van der Waals surface area (Å²) >= 11 is 0. The lowest BCUT2D eigenvalue weighted by Gasteiger charge is -2.31. The van der Waals surface area contributed by atoms with Gasteiger partial charge in [-0.1, -0.05) is 0 Å². The quantitative estimate of drug-likeness (QED) is 0.646. The molecular formula is C11H15N7. The van der Waals surface area contributed by atoms with E-state index in [4.69, 9.17) is 22.1 Å². The zero-order valence-corrected chi connectivity index (χ0v) is 9.93. The van der Waals surface area contributed by atoms with E-state index in [-0.39, 0.29) is 17.7 Å². The minimum absolute atomic E-state index is 0.0188. The Morgan fingerprint density at radius 3 is 2.89 bits per heavy atom. The van der Waals surface area contributed by atoms with Crippen LogP contribution in [-0.4, -0.2) is 29.3 Å². The Bertz CT molecular complexity index is 505. The van der Waals surface area contributed by atoms with E-state index in [0.717, 1.165) is 25.6 Å². The zero-order chi connectivity index (χ0) is 13.1. The maximum Gasteiger partial charge on any atom is 0.223 e. The first kappa shape index (κ1) is 12.1. The first-order valence-corrected chi connectivity index (χ1v) is 5.73. The van der Waals surface area contributed by atoms with Crippen molar-refractivity contribution in [2.45, 2.75) is 12.8 Å². The molecule has 0 radical (unpaired) electrons. The molecule has 0 aliphatic carbocycles. The zero-order valence-electron chi connectivity index (χ0n) is 9.93. The molecule has 7 nitrogen and oxygen atoms in total. The van der Waals surface area contributed by atoms with Crippen LogP contribution in [0.5, 0.6) is 0 Å². The molecule has 1 aliphatic rings. The molecule has 7 heteroatoms. The number of hydrogen-bond acceptors (Lipinski definition) is 7. The number of aromatic nitrogens is 2. The number of nitrogens with zero attached hydrogens (tertiary/aromatic N) is 4. The van der Waals surface area contributed by atoms with Crippen molar-refractivity contribution in [3.05, 3.63) is 5.56 Å². The largest absolute Gasteiger partial charge is 0.383 e. The van der Waals surface area contributed by atoms with Crippen LogP contribution in [-0.2, 0) is 0 Å². The van der Waals surface area contributed by atoms with Crippen molar-refractivity contribution in [2.75, 3.05) is 29.5 Å². The van der Waals surface area contributed by atoms with E-state index in [1.807, 2.05) is 4.90 Å².